The molecule has 2 unspecified atom stereocenters. The number of hydrogen-bond acceptors (Lipinski definition) is 5. The highest BCUT2D eigenvalue weighted by Crippen LogP contribution is 2.20. The second kappa shape index (κ2) is 5.14. The molecule has 106 valence electrons. The molecule has 1 fully saturated rings. The lowest BCUT2D eigenvalue weighted by atomic mass is 9.97. The summed E-state index contributed by atoms with van der Waals surface area (Å²) in [5.74, 6) is -0.289. The van der Waals surface area contributed by atoms with Gasteiger partial charge in [0.2, 0.25) is 10.0 Å². The Labute approximate surface area is 109 Å². The van der Waals surface area contributed by atoms with Gasteiger partial charge in [-0.1, -0.05) is 0 Å². The first-order valence-electron chi connectivity index (χ1n) is 5.89. The predicted octanol–water partition coefficient (Wildman–Crippen LogP) is 0.155. The molecular formula is C11H22N2O4S. The number of nitrogens with one attached hydrogen (secondary N) is 1. The van der Waals surface area contributed by atoms with E-state index in [1.165, 1.54) is 17.6 Å². The number of ether oxygens (including phenoxy) is 1. The third-order valence-electron chi connectivity index (χ3n) is 2.97. The largest absolute Gasteiger partial charge is 0.446 e. The Kier molecular flexibility index (Phi) is 4.40. The molecule has 1 aliphatic rings. The Hall–Kier alpha value is -0.660. The summed E-state index contributed by atoms with van der Waals surface area (Å²) in [4.78, 5) is 11.7. The van der Waals surface area contributed by atoms with Crippen molar-refractivity contribution >= 4 is 16.0 Å². The number of nitrogens with zero attached hydrogens (tertiary/aromatic N) is 1. The Morgan fingerprint density at radius 1 is 1.39 bits per heavy atom. The first kappa shape index (κ1) is 15.4. The minimum Gasteiger partial charge on any atom is -0.446 e. The Bertz CT molecular complexity index is 413. The molecule has 1 heterocycles. The summed E-state index contributed by atoms with van der Waals surface area (Å²) in [5, 5.41) is 3.01. The van der Waals surface area contributed by atoms with Gasteiger partial charge in [0.15, 0.2) is 6.23 Å². The number of carbonyl (C=O) groups is 1. The van der Waals surface area contributed by atoms with Crippen molar-refractivity contribution in [3.8, 4) is 0 Å². The molecule has 0 radical (unpaired) electrons. The standard InChI is InChI=1S/C11H22N2O4S/c1-11(2,3)10(14)17-9-6-8(7-12-9)13(4)18(5,15)16/h8-9,12H,6-7H2,1-5H3. The predicted molar refractivity (Wildman–Crippen MR) is 68.3 cm³/mol. The molecule has 1 rings (SSSR count). The Morgan fingerprint density at radius 2 is 1.94 bits per heavy atom. The molecule has 0 bridgehead atoms. The number of hydrogen-bond donors (Lipinski definition) is 1. The van der Waals surface area contributed by atoms with Crippen molar-refractivity contribution < 1.29 is 17.9 Å². The zero-order valence-corrected chi connectivity index (χ0v) is 12.4. The van der Waals surface area contributed by atoms with E-state index < -0.39 is 21.7 Å². The van der Waals surface area contributed by atoms with Crippen molar-refractivity contribution in [3.05, 3.63) is 0 Å². The molecule has 6 nitrogen and oxygen atoms in total. The second-order valence-corrected chi connectivity index (χ2v) is 7.76. The van der Waals surface area contributed by atoms with Crippen LogP contribution in [0.4, 0.5) is 0 Å². The van der Waals surface area contributed by atoms with Crippen LogP contribution in [-0.4, -0.2) is 50.8 Å². The minimum atomic E-state index is -3.21. The molecule has 0 spiro atoms. The van der Waals surface area contributed by atoms with Gasteiger partial charge in [-0.15, -0.1) is 0 Å². The maximum atomic E-state index is 11.7. The van der Waals surface area contributed by atoms with E-state index in [9.17, 15) is 13.2 Å². The average Bonchev–Trinajstić information content (AvgIpc) is 2.62. The molecule has 0 amide bonds. The number of sulfonamides is 1. The van der Waals surface area contributed by atoms with Gasteiger partial charge in [-0.2, -0.15) is 0 Å². The average molecular weight is 278 g/mol. The van der Waals surface area contributed by atoms with Gasteiger partial charge in [0.05, 0.1) is 11.7 Å². The fraction of sp³-hybridized carbons (Fsp3) is 0.909. The molecule has 0 aromatic rings. The van der Waals surface area contributed by atoms with Crippen LogP contribution in [0.5, 0.6) is 0 Å². The zero-order chi connectivity index (χ0) is 14.1. The van der Waals surface area contributed by atoms with Crippen molar-refractivity contribution in [1.82, 2.24) is 9.62 Å². The molecule has 0 aromatic carbocycles. The van der Waals surface area contributed by atoms with E-state index in [2.05, 4.69) is 5.32 Å². The van der Waals surface area contributed by atoms with Crippen molar-refractivity contribution in [2.24, 2.45) is 5.41 Å². The first-order valence-corrected chi connectivity index (χ1v) is 7.74. The monoisotopic (exact) mass is 278 g/mol. The number of rotatable bonds is 3. The quantitative estimate of drug-likeness (QED) is 0.744. The van der Waals surface area contributed by atoms with Gasteiger partial charge in [-0.3, -0.25) is 10.1 Å². The first-order chi connectivity index (χ1) is 8.01. The van der Waals surface area contributed by atoms with Crippen molar-refractivity contribution in [2.75, 3.05) is 19.8 Å². The number of carbonyl (C=O) groups excluding carboxylic acids is 1. The van der Waals surface area contributed by atoms with E-state index in [0.717, 1.165) is 0 Å². The summed E-state index contributed by atoms with van der Waals surface area (Å²) in [5.41, 5.74) is -0.553. The van der Waals surface area contributed by atoms with Gasteiger partial charge in [0.25, 0.3) is 0 Å². The van der Waals surface area contributed by atoms with E-state index in [1.807, 2.05) is 0 Å². The van der Waals surface area contributed by atoms with Crippen LogP contribution in [0.15, 0.2) is 0 Å². The van der Waals surface area contributed by atoms with Crippen molar-refractivity contribution in [3.63, 3.8) is 0 Å². The Balaban J connectivity index is 2.55. The van der Waals surface area contributed by atoms with E-state index in [4.69, 9.17) is 4.74 Å². The minimum absolute atomic E-state index is 0.169. The van der Waals surface area contributed by atoms with Gasteiger partial charge in [0, 0.05) is 26.1 Å². The van der Waals surface area contributed by atoms with Crippen molar-refractivity contribution in [2.45, 2.75) is 39.5 Å². The summed E-state index contributed by atoms with van der Waals surface area (Å²) in [6, 6.07) is -0.169. The van der Waals surface area contributed by atoms with Gasteiger partial charge >= 0.3 is 5.97 Å². The number of likely N-dealkylation sites (N-methyl/N-ethyl adjacent to an activating group) is 1. The van der Waals surface area contributed by atoms with E-state index >= 15 is 0 Å². The van der Waals surface area contributed by atoms with Crippen LogP contribution in [0, 0.1) is 5.41 Å². The topological polar surface area (TPSA) is 75.7 Å². The number of esters is 1. The third kappa shape index (κ3) is 3.93. The van der Waals surface area contributed by atoms with Crippen LogP contribution in [0.2, 0.25) is 0 Å². The molecule has 1 N–H and O–H groups in total. The molecule has 1 aliphatic heterocycles. The van der Waals surface area contributed by atoms with Crippen LogP contribution >= 0.6 is 0 Å². The summed E-state index contributed by atoms with van der Waals surface area (Å²) in [6.45, 7) is 5.84. The van der Waals surface area contributed by atoms with Gasteiger partial charge in [-0.05, 0) is 20.8 Å². The maximum absolute atomic E-state index is 11.7. The summed E-state index contributed by atoms with van der Waals surface area (Å²) in [7, 11) is -1.68. The molecular weight excluding hydrogens is 256 g/mol. The molecule has 7 heteroatoms. The van der Waals surface area contributed by atoms with Crippen LogP contribution in [0.3, 0.4) is 0 Å². The van der Waals surface area contributed by atoms with Crippen LogP contribution < -0.4 is 5.32 Å². The molecule has 0 saturated carbocycles. The summed E-state index contributed by atoms with van der Waals surface area (Å²) in [6.07, 6.45) is 1.23. The fourth-order valence-electron chi connectivity index (χ4n) is 1.62. The third-order valence-corrected chi connectivity index (χ3v) is 4.31. The zero-order valence-electron chi connectivity index (χ0n) is 11.6. The molecule has 18 heavy (non-hydrogen) atoms. The lowest BCUT2D eigenvalue weighted by molar-refractivity contribution is -0.159. The maximum Gasteiger partial charge on any atom is 0.312 e. The van der Waals surface area contributed by atoms with Crippen LogP contribution in [0.1, 0.15) is 27.2 Å². The van der Waals surface area contributed by atoms with Gasteiger partial charge < -0.3 is 4.74 Å². The van der Waals surface area contributed by atoms with Crippen LogP contribution in [0.25, 0.3) is 0 Å². The lowest BCUT2D eigenvalue weighted by Gasteiger charge is -2.22. The SMILES string of the molecule is CN(C1CNC(OC(=O)C(C)(C)C)C1)S(C)(=O)=O. The molecule has 2 atom stereocenters. The van der Waals surface area contributed by atoms with E-state index in [1.54, 1.807) is 20.8 Å². The van der Waals surface area contributed by atoms with Crippen molar-refractivity contribution in [1.29, 1.82) is 0 Å². The molecule has 0 aliphatic carbocycles. The highest BCUT2D eigenvalue weighted by atomic mass is 32.2. The smallest absolute Gasteiger partial charge is 0.312 e. The highest BCUT2D eigenvalue weighted by Gasteiger charge is 2.35. The molecule has 1 saturated heterocycles. The van der Waals surface area contributed by atoms with Gasteiger partial charge in [0.1, 0.15) is 0 Å². The lowest BCUT2D eigenvalue weighted by Crippen LogP contribution is -2.37. The summed E-state index contributed by atoms with van der Waals surface area (Å²) < 4.78 is 29.4. The fourth-order valence-corrected chi connectivity index (χ4v) is 2.33. The van der Waals surface area contributed by atoms with E-state index in [0.29, 0.717) is 13.0 Å². The second-order valence-electron chi connectivity index (χ2n) is 5.72. The summed E-state index contributed by atoms with van der Waals surface area (Å²) >= 11 is 0. The van der Waals surface area contributed by atoms with Gasteiger partial charge in [-0.25, -0.2) is 12.7 Å². The molecule has 0 aromatic heterocycles. The van der Waals surface area contributed by atoms with E-state index in [-0.39, 0.29) is 12.0 Å². The van der Waals surface area contributed by atoms with Crippen LogP contribution in [-0.2, 0) is 19.6 Å². The Morgan fingerprint density at radius 3 is 2.39 bits per heavy atom. The highest BCUT2D eigenvalue weighted by molar-refractivity contribution is 7.88. The normalized spacial score (nSPS) is 25.4.